The molecule has 0 radical (unpaired) electrons. The summed E-state index contributed by atoms with van der Waals surface area (Å²) < 4.78 is 27.6. The third-order valence-corrected chi connectivity index (χ3v) is 7.41. The molecule has 2 aromatic carbocycles. The summed E-state index contributed by atoms with van der Waals surface area (Å²) in [6.45, 7) is 0.511. The van der Waals surface area contributed by atoms with Crippen LogP contribution in [-0.2, 0) is 14.3 Å². The number of rotatable bonds is 8. The highest BCUT2D eigenvalue weighted by Crippen LogP contribution is 2.55. The molecule has 37 heavy (non-hydrogen) atoms. The fraction of sp³-hybridized carbons (Fsp3) is 0.462. The van der Waals surface area contributed by atoms with Crippen molar-refractivity contribution in [3.63, 3.8) is 0 Å². The molecule has 2 aliphatic heterocycles. The van der Waals surface area contributed by atoms with Crippen LogP contribution in [0.1, 0.15) is 41.5 Å². The highest BCUT2D eigenvalue weighted by atomic mass is 16.7. The van der Waals surface area contributed by atoms with Crippen LogP contribution < -0.4 is 35.7 Å². The van der Waals surface area contributed by atoms with E-state index in [4.69, 9.17) is 35.2 Å². The first kappa shape index (κ1) is 25.0. The lowest BCUT2D eigenvalue weighted by atomic mass is 9.65. The zero-order valence-electron chi connectivity index (χ0n) is 20.7. The van der Waals surface area contributed by atoms with Crippen LogP contribution in [0.25, 0.3) is 0 Å². The number of nitrogens with two attached hydrogens (primary N) is 2. The molecule has 1 aliphatic carbocycles. The Morgan fingerprint density at radius 1 is 1.11 bits per heavy atom. The number of aromatic hydroxyl groups is 1. The van der Waals surface area contributed by atoms with Crippen molar-refractivity contribution < 1.29 is 38.4 Å². The van der Waals surface area contributed by atoms with Crippen molar-refractivity contribution in [1.29, 1.82) is 0 Å². The van der Waals surface area contributed by atoms with Crippen molar-refractivity contribution in [1.82, 2.24) is 5.32 Å². The maximum absolute atomic E-state index is 13.2. The minimum absolute atomic E-state index is 0.0760. The minimum Gasteiger partial charge on any atom is -0.502 e. The number of methoxy groups -OCH3 is 2. The molecule has 11 heteroatoms. The van der Waals surface area contributed by atoms with Gasteiger partial charge in [-0.25, -0.2) is 0 Å². The molecular formula is C26H31N3O8. The molecule has 0 saturated carbocycles. The summed E-state index contributed by atoms with van der Waals surface area (Å²) in [5.41, 5.74) is 13.8. The van der Waals surface area contributed by atoms with Crippen molar-refractivity contribution in [2.24, 2.45) is 23.3 Å². The zero-order chi connectivity index (χ0) is 26.3. The number of nitrogens with one attached hydrogen (secondary N) is 1. The van der Waals surface area contributed by atoms with Gasteiger partial charge in [0.1, 0.15) is 0 Å². The van der Waals surface area contributed by atoms with Gasteiger partial charge in [0.25, 0.3) is 0 Å². The molecule has 5 atom stereocenters. The number of hydrogen-bond acceptors (Lipinski definition) is 10. The van der Waals surface area contributed by atoms with E-state index in [9.17, 15) is 14.7 Å². The summed E-state index contributed by atoms with van der Waals surface area (Å²) in [7, 11) is 2.89. The maximum atomic E-state index is 13.2. The zero-order valence-corrected chi connectivity index (χ0v) is 20.7. The van der Waals surface area contributed by atoms with E-state index in [1.165, 1.54) is 14.2 Å². The van der Waals surface area contributed by atoms with Crippen LogP contribution >= 0.6 is 0 Å². The van der Waals surface area contributed by atoms with Crippen LogP contribution in [0.3, 0.4) is 0 Å². The van der Waals surface area contributed by atoms with Gasteiger partial charge in [-0.05, 0) is 47.4 Å². The molecule has 1 saturated heterocycles. The van der Waals surface area contributed by atoms with Crippen molar-refractivity contribution in [3.8, 4) is 28.7 Å². The molecular weight excluding hydrogens is 482 g/mol. The standard InChI is InChI=1S/C26H31N3O8/c1-33-19-5-12(6-20(34-2)25(19)31)22-14-7-17-18(37-11-36-17)8-15(14)24(16-10-35-26(32)23(16)22)29-21(30)4-3-13(28)9-27/h5-8,13,16,22-24,31H,3-4,9-11,27-28H2,1-2H3,(H,29,30)/t13-,16-,22+,23+,24+/m0/s1. The summed E-state index contributed by atoms with van der Waals surface area (Å²) in [6.07, 6.45) is 0.652. The lowest BCUT2D eigenvalue weighted by Crippen LogP contribution is -2.43. The van der Waals surface area contributed by atoms with Crippen LogP contribution in [0, 0.1) is 11.8 Å². The number of carbonyl (C=O) groups excluding carboxylic acids is 2. The van der Waals surface area contributed by atoms with E-state index in [0.29, 0.717) is 23.5 Å². The highest BCUT2D eigenvalue weighted by Gasteiger charge is 2.53. The Kier molecular flexibility index (Phi) is 6.74. The second-order valence-electron chi connectivity index (χ2n) is 9.49. The number of amides is 1. The minimum atomic E-state index is -0.608. The predicted octanol–water partition coefficient (Wildman–Crippen LogP) is 1.30. The van der Waals surface area contributed by atoms with E-state index in [2.05, 4.69) is 5.32 Å². The molecule has 2 aromatic rings. The fourth-order valence-corrected chi connectivity index (χ4v) is 5.52. The van der Waals surface area contributed by atoms with Crippen LogP contribution in [0.5, 0.6) is 28.7 Å². The number of benzene rings is 2. The number of carbonyl (C=O) groups is 2. The third kappa shape index (κ3) is 4.38. The number of phenolic OH excluding ortho intramolecular Hbond substituents is 1. The largest absolute Gasteiger partial charge is 0.502 e. The van der Waals surface area contributed by atoms with Gasteiger partial charge in [0, 0.05) is 30.8 Å². The Morgan fingerprint density at radius 3 is 2.38 bits per heavy atom. The van der Waals surface area contributed by atoms with Crippen LogP contribution in [0.4, 0.5) is 0 Å². The second kappa shape index (κ2) is 9.98. The molecule has 1 fully saturated rings. The van der Waals surface area contributed by atoms with Gasteiger partial charge in [0.2, 0.25) is 18.4 Å². The molecule has 0 spiro atoms. The van der Waals surface area contributed by atoms with E-state index >= 15 is 0 Å². The lowest BCUT2D eigenvalue weighted by molar-refractivity contribution is -0.141. The van der Waals surface area contributed by atoms with Crippen LogP contribution in [0.15, 0.2) is 24.3 Å². The van der Waals surface area contributed by atoms with Gasteiger partial charge >= 0.3 is 5.97 Å². The summed E-state index contributed by atoms with van der Waals surface area (Å²) in [4.78, 5) is 26.1. The molecule has 0 bridgehead atoms. The highest BCUT2D eigenvalue weighted by molar-refractivity contribution is 5.81. The smallest absolute Gasteiger partial charge is 0.310 e. The molecule has 1 amide bonds. The normalized spacial score (nSPS) is 24.1. The molecule has 5 rings (SSSR count). The second-order valence-corrected chi connectivity index (χ2v) is 9.49. The van der Waals surface area contributed by atoms with E-state index in [1.54, 1.807) is 12.1 Å². The molecule has 3 aliphatic rings. The van der Waals surface area contributed by atoms with Gasteiger partial charge in [-0.3, -0.25) is 9.59 Å². The number of phenols is 1. The first-order valence-electron chi connectivity index (χ1n) is 12.2. The number of hydrogen-bond donors (Lipinski definition) is 4. The molecule has 0 unspecified atom stereocenters. The topological polar surface area (TPSA) is 165 Å². The number of fused-ring (bicyclic) bond motifs is 3. The summed E-state index contributed by atoms with van der Waals surface area (Å²) in [5, 5.41) is 13.6. The SMILES string of the molecule is COc1cc([C@@H]2c3cc4c(cc3[C@@H](NC(=O)CC[C@H](N)CN)[C@H]3COC(=O)[C@@H]23)OCO4)cc(OC)c1O. The monoisotopic (exact) mass is 513 g/mol. The summed E-state index contributed by atoms with van der Waals surface area (Å²) in [6, 6.07) is 6.30. The quantitative estimate of drug-likeness (QED) is 0.378. The van der Waals surface area contributed by atoms with Gasteiger partial charge in [0.05, 0.1) is 32.8 Å². The Morgan fingerprint density at radius 2 is 1.76 bits per heavy atom. The first-order chi connectivity index (χ1) is 17.9. The lowest BCUT2D eigenvalue weighted by Gasteiger charge is -2.39. The van der Waals surface area contributed by atoms with E-state index in [1.807, 2.05) is 12.1 Å². The average Bonchev–Trinajstić information content (AvgIpc) is 3.52. The number of ether oxygens (including phenoxy) is 5. The Bertz CT molecular complexity index is 1190. The molecule has 2 heterocycles. The Hall–Kier alpha value is -3.70. The van der Waals surface area contributed by atoms with Gasteiger partial charge in [-0.1, -0.05) is 0 Å². The average molecular weight is 514 g/mol. The van der Waals surface area contributed by atoms with Crippen molar-refractivity contribution in [2.45, 2.75) is 30.8 Å². The molecule has 11 nitrogen and oxygen atoms in total. The van der Waals surface area contributed by atoms with Gasteiger partial charge in [0.15, 0.2) is 23.0 Å². The van der Waals surface area contributed by atoms with Crippen molar-refractivity contribution in [2.75, 3.05) is 34.2 Å². The number of esters is 1. The first-order valence-corrected chi connectivity index (χ1v) is 12.2. The van der Waals surface area contributed by atoms with Gasteiger partial charge in [-0.15, -0.1) is 0 Å². The van der Waals surface area contributed by atoms with Crippen molar-refractivity contribution in [3.05, 3.63) is 41.0 Å². The van der Waals surface area contributed by atoms with E-state index in [0.717, 1.165) is 11.1 Å². The Balaban J connectivity index is 1.62. The molecule has 6 N–H and O–H groups in total. The molecule has 198 valence electrons. The Labute approximate surface area is 213 Å². The fourth-order valence-electron chi connectivity index (χ4n) is 5.52. The van der Waals surface area contributed by atoms with Crippen molar-refractivity contribution >= 4 is 11.9 Å². The number of cyclic esters (lactones) is 1. The summed E-state index contributed by atoms with van der Waals surface area (Å²) in [5.74, 6) is -0.592. The van der Waals surface area contributed by atoms with E-state index in [-0.39, 0.29) is 67.5 Å². The van der Waals surface area contributed by atoms with Gasteiger partial charge < -0.3 is 45.6 Å². The third-order valence-electron chi connectivity index (χ3n) is 7.41. The molecule has 0 aromatic heterocycles. The maximum Gasteiger partial charge on any atom is 0.310 e. The van der Waals surface area contributed by atoms with E-state index < -0.39 is 17.9 Å². The predicted molar refractivity (Wildman–Crippen MR) is 131 cm³/mol. The van der Waals surface area contributed by atoms with Gasteiger partial charge in [-0.2, -0.15) is 0 Å². The summed E-state index contributed by atoms with van der Waals surface area (Å²) >= 11 is 0. The van der Waals surface area contributed by atoms with Crippen LogP contribution in [0.2, 0.25) is 0 Å². The van der Waals surface area contributed by atoms with Crippen LogP contribution in [-0.4, -0.2) is 57.2 Å².